The minimum absolute atomic E-state index is 0.0166. The average molecular weight is 396 g/mol. The number of likely N-dealkylation sites (N-methyl/N-ethyl adjacent to an activating group) is 1. The van der Waals surface area contributed by atoms with Gasteiger partial charge in [0.15, 0.2) is 0 Å². The number of nitrogens with one attached hydrogen (secondary N) is 1. The van der Waals surface area contributed by atoms with Crippen LogP contribution in [0.4, 0.5) is 0 Å². The third-order valence-electron chi connectivity index (χ3n) is 3.53. The quantitative estimate of drug-likeness (QED) is 0.785. The van der Waals surface area contributed by atoms with Gasteiger partial charge in [0.1, 0.15) is 0 Å². The molecule has 1 N–H and O–H groups in total. The van der Waals surface area contributed by atoms with Crippen molar-refractivity contribution in [2.24, 2.45) is 0 Å². The summed E-state index contributed by atoms with van der Waals surface area (Å²) < 4.78 is 1.05. The maximum Gasteiger partial charge on any atom is 0.234 e. The van der Waals surface area contributed by atoms with Crippen molar-refractivity contribution < 1.29 is 4.79 Å². The fourth-order valence-corrected chi connectivity index (χ4v) is 2.96. The molecule has 2 rings (SSSR count). The molecule has 0 aliphatic heterocycles. The Labute approximate surface area is 150 Å². The Morgan fingerprint density at radius 3 is 2.52 bits per heavy atom. The SMILES string of the molecule is C[C@H](NC(=O)CN(C)Cc1ccc(Br)cc1)c1ccccc1Cl. The Bertz CT molecular complexity index is 660. The molecule has 0 fully saturated rings. The lowest BCUT2D eigenvalue weighted by Gasteiger charge is -2.20. The number of carbonyl (C=O) groups excluding carboxylic acids is 1. The van der Waals surface area contributed by atoms with Crippen molar-refractivity contribution in [2.45, 2.75) is 19.5 Å². The Hall–Kier alpha value is -1.36. The van der Waals surface area contributed by atoms with E-state index in [0.717, 1.165) is 16.6 Å². The zero-order chi connectivity index (χ0) is 16.8. The van der Waals surface area contributed by atoms with E-state index in [4.69, 9.17) is 11.6 Å². The van der Waals surface area contributed by atoms with E-state index in [1.165, 1.54) is 5.56 Å². The number of halogens is 2. The normalized spacial score (nSPS) is 12.2. The highest BCUT2D eigenvalue weighted by Gasteiger charge is 2.13. The number of hydrogen-bond acceptors (Lipinski definition) is 2. The Balaban J connectivity index is 1.86. The number of carbonyl (C=O) groups is 1. The summed E-state index contributed by atoms with van der Waals surface area (Å²) >= 11 is 9.58. The first-order valence-corrected chi connectivity index (χ1v) is 8.59. The number of benzene rings is 2. The minimum Gasteiger partial charge on any atom is -0.348 e. The molecule has 0 saturated carbocycles. The van der Waals surface area contributed by atoms with Gasteiger partial charge in [-0.3, -0.25) is 9.69 Å². The third kappa shape index (κ3) is 5.65. The average Bonchev–Trinajstić information content (AvgIpc) is 2.49. The van der Waals surface area contributed by atoms with E-state index in [2.05, 4.69) is 21.2 Å². The van der Waals surface area contributed by atoms with Crippen molar-refractivity contribution in [3.8, 4) is 0 Å². The molecule has 122 valence electrons. The van der Waals surface area contributed by atoms with Crippen LogP contribution in [0, 0.1) is 0 Å². The molecule has 0 spiro atoms. The molecular weight excluding hydrogens is 376 g/mol. The van der Waals surface area contributed by atoms with Crippen LogP contribution in [0.15, 0.2) is 53.0 Å². The molecule has 2 aromatic rings. The van der Waals surface area contributed by atoms with E-state index >= 15 is 0 Å². The molecule has 0 aliphatic rings. The lowest BCUT2D eigenvalue weighted by molar-refractivity contribution is -0.122. The predicted molar refractivity (Wildman–Crippen MR) is 98.5 cm³/mol. The van der Waals surface area contributed by atoms with E-state index in [1.54, 1.807) is 0 Å². The van der Waals surface area contributed by atoms with Crippen molar-refractivity contribution in [2.75, 3.05) is 13.6 Å². The molecule has 0 heterocycles. The van der Waals surface area contributed by atoms with E-state index < -0.39 is 0 Å². The van der Waals surface area contributed by atoms with Crippen LogP contribution in [0.25, 0.3) is 0 Å². The van der Waals surface area contributed by atoms with Gasteiger partial charge in [0.25, 0.3) is 0 Å². The second-order valence-electron chi connectivity index (χ2n) is 5.61. The van der Waals surface area contributed by atoms with E-state index in [9.17, 15) is 4.79 Å². The molecule has 0 aromatic heterocycles. The summed E-state index contributed by atoms with van der Waals surface area (Å²) in [6.45, 7) is 3.00. The second kappa shape index (κ2) is 8.48. The highest BCUT2D eigenvalue weighted by molar-refractivity contribution is 9.10. The van der Waals surface area contributed by atoms with Crippen LogP contribution in [-0.2, 0) is 11.3 Å². The predicted octanol–water partition coefficient (Wildman–Crippen LogP) is 4.41. The first kappa shape index (κ1) is 18.0. The van der Waals surface area contributed by atoms with Crippen molar-refractivity contribution in [1.29, 1.82) is 0 Å². The maximum atomic E-state index is 12.2. The molecule has 5 heteroatoms. The lowest BCUT2D eigenvalue weighted by atomic mass is 10.1. The summed E-state index contributed by atoms with van der Waals surface area (Å²) in [6.07, 6.45) is 0. The molecule has 0 unspecified atom stereocenters. The van der Waals surface area contributed by atoms with Crippen LogP contribution in [0.2, 0.25) is 5.02 Å². The topological polar surface area (TPSA) is 32.3 Å². The zero-order valence-corrected chi connectivity index (χ0v) is 15.6. The number of hydrogen-bond donors (Lipinski definition) is 1. The molecule has 0 aliphatic carbocycles. The van der Waals surface area contributed by atoms with Crippen LogP contribution >= 0.6 is 27.5 Å². The zero-order valence-electron chi connectivity index (χ0n) is 13.2. The van der Waals surface area contributed by atoms with E-state index in [1.807, 2.05) is 67.4 Å². The van der Waals surface area contributed by atoms with Crippen molar-refractivity contribution >= 4 is 33.4 Å². The fourth-order valence-electron chi connectivity index (χ4n) is 2.39. The Morgan fingerprint density at radius 2 is 1.87 bits per heavy atom. The lowest BCUT2D eigenvalue weighted by Crippen LogP contribution is -2.36. The molecule has 23 heavy (non-hydrogen) atoms. The highest BCUT2D eigenvalue weighted by atomic mass is 79.9. The summed E-state index contributed by atoms with van der Waals surface area (Å²) in [5.74, 6) is -0.0166. The van der Waals surface area contributed by atoms with Gasteiger partial charge in [-0.25, -0.2) is 0 Å². The van der Waals surface area contributed by atoms with Gasteiger partial charge in [-0.15, -0.1) is 0 Å². The molecular formula is C18H20BrClN2O. The third-order valence-corrected chi connectivity index (χ3v) is 4.40. The van der Waals surface area contributed by atoms with Gasteiger partial charge in [-0.1, -0.05) is 57.9 Å². The Morgan fingerprint density at radius 1 is 1.22 bits per heavy atom. The standard InChI is InChI=1S/C18H20BrClN2O/c1-13(16-5-3-4-6-17(16)20)21-18(23)12-22(2)11-14-7-9-15(19)10-8-14/h3-10,13H,11-12H2,1-2H3,(H,21,23)/t13-/m0/s1. The van der Waals surface area contributed by atoms with Gasteiger partial charge in [0.05, 0.1) is 12.6 Å². The van der Waals surface area contributed by atoms with Crippen LogP contribution in [0.3, 0.4) is 0 Å². The van der Waals surface area contributed by atoms with Gasteiger partial charge in [-0.2, -0.15) is 0 Å². The van der Waals surface area contributed by atoms with Crippen LogP contribution < -0.4 is 5.32 Å². The van der Waals surface area contributed by atoms with Gasteiger partial charge in [0, 0.05) is 16.0 Å². The van der Waals surface area contributed by atoms with Crippen LogP contribution in [0.5, 0.6) is 0 Å². The van der Waals surface area contributed by atoms with Crippen molar-refractivity contribution in [3.05, 3.63) is 69.2 Å². The van der Waals surface area contributed by atoms with Gasteiger partial charge < -0.3 is 5.32 Å². The van der Waals surface area contributed by atoms with Crippen LogP contribution in [0.1, 0.15) is 24.1 Å². The summed E-state index contributed by atoms with van der Waals surface area (Å²) in [7, 11) is 1.93. The first-order valence-electron chi connectivity index (χ1n) is 7.42. The second-order valence-corrected chi connectivity index (χ2v) is 6.93. The first-order chi connectivity index (χ1) is 11.0. The number of amides is 1. The summed E-state index contributed by atoms with van der Waals surface area (Å²) in [4.78, 5) is 14.2. The monoisotopic (exact) mass is 394 g/mol. The molecule has 2 aromatic carbocycles. The van der Waals surface area contributed by atoms with Crippen LogP contribution in [-0.4, -0.2) is 24.4 Å². The summed E-state index contributed by atoms with van der Waals surface area (Å²) in [6, 6.07) is 15.5. The van der Waals surface area contributed by atoms with E-state index in [-0.39, 0.29) is 11.9 Å². The summed E-state index contributed by atoms with van der Waals surface area (Å²) in [5.41, 5.74) is 2.10. The highest BCUT2D eigenvalue weighted by Crippen LogP contribution is 2.22. The molecule has 1 atom stereocenters. The van der Waals surface area contributed by atoms with Gasteiger partial charge in [0.2, 0.25) is 5.91 Å². The minimum atomic E-state index is -0.114. The molecule has 1 amide bonds. The molecule has 3 nitrogen and oxygen atoms in total. The molecule has 0 radical (unpaired) electrons. The van der Waals surface area contributed by atoms with Gasteiger partial charge in [-0.05, 0) is 43.3 Å². The Kier molecular flexibility index (Phi) is 6.63. The smallest absolute Gasteiger partial charge is 0.234 e. The van der Waals surface area contributed by atoms with Crippen molar-refractivity contribution in [3.63, 3.8) is 0 Å². The number of nitrogens with zero attached hydrogens (tertiary/aromatic N) is 1. The largest absolute Gasteiger partial charge is 0.348 e. The van der Waals surface area contributed by atoms with Crippen molar-refractivity contribution in [1.82, 2.24) is 10.2 Å². The molecule has 0 saturated heterocycles. The summed E-state index contributed by atoms with van der Waals surface area (Å²) in [5, 5.41) is 3.66. The van der Waals surface area contributed by atoms with E-state index in [0.29, 0.717) is 11.6 Å². The fraction of sp³-hybridized carbons (Fsp3) is 0.278. The maximum absolute atomic E-state index is 12.2. The van der Waals surface area contributed by atoms with Gasteiger partial charge >= 0.3 is 0 Å². The number of rotatable bonds is 6. The molecule has 0 bridgehead atoms.